The Hall–Kier alpha value is -7.47. The second kappa shape index (κ2) is 23.7. The van der Waals surface area contributed by atoms with Gasteiger partial charge in [0.2, 0.25) is 11.8 Å². The highest BCUT2D eigenvalue weighted by Gasteiger charge is 2.50. The molecule has 3 aromatic heterocycles. The van der Waals surface area contributed by atoms with Crippen molar-refractivity contribution < 1.29 is 33.4 Å². The van der Waals surface area contributed by atoms with Crippen molar-refractivity contribution in [2.45, 2.75) is 122 Å². The summed E-state index contributed by atoms with van der Waals surface area (Å²) in [5.41, 5.74) is 8.40. The van der Waals surface area contributed by atoms with Crippen molar-refractivity contribution in [3.8, 4) is 16.9 Å². The number of aromatic nitrogens is 3. The van der Waals surface area contributed by atoms with E-state index in [2.05, 4.69) is 73.9 Å². The number of imide groups is 1. The molecule has 0 spiro atoms. The summed E-state index contributed by atoms with van der Waals surface area (Å²) in [6.07, 6.45) is 7.67. The monoisotopic (exact) mass is 1120 g/mol. The SMILES string of the molecule is COc1ccc(CN2C(=O)CCC(N3C(=O)C(C)(C)c4cc(CN5CCN(CC6CCN(C(=O)c7ccc(C8CCN([C@@H](C)c9cc%10c(-c%11ccc(NC(=O)OC(C)(C)C)nc%11)ccnc%10n9C)CC8)cc7)CC6)CC5)ccc43)C2=O)cc1. The number of amides is 5. The highest BCUT2D eigenvalue weighted by molar-refractivity contribution is 6.13. The van der Waals surface area contributed by atoms with Crippen LogP contribution in [-0.2, 0) is 44.7 Å². The highest BCUT2D eigenvalue weighted by Crippen LogP contribution is 2.45. The number of methoxy groups -OCH3 is 1. The summed E-state index contributed by atoms with van der Waals surface area (Å²) in [4.78, 5) is 89.4. The maximum absolute atomic E-state index is 14.2. The minimum absolute atomic E-state index is 0.112. The van der Waals surface area contributed by atoms with Gasteiger partial charge in [-0.3, -0.25) is 44.1 Å². The van der Waals surface area contributed by atoms with Crippen LogP contribution < -0.4 is 15.0 Å². The van der Waals surface area contributed by atoms with Gasteiger partial charge < -0.3 is 23.8 Å². The van der Waals surface area contributed by atoms with Crippen molar-refractivity contribution in [1.82, 2.24) is 39.0 Å². The summed E-state index contributed by atoms with van der Waals surface area (Å²) >= 11 is 0. The molecule has 17 heteroatoms. The molecule has 83 heavy (non-hydrogen) atoms. The second-order valence-electron chi connectivity index (χ2n) is 25.1. The Balaban J connectivity index is 0.620. The number of ether oxygens (including phenoxy) is 2. The third-order valence-corrected chi connectivity index (χ3v) is 18.1. The third kappa shape index (κ3) is 12.2. The number of benzene rings is 3. The van der Waals surface area contributed by atoms with Crippen molar-refractivity contribution in [3.63, 3.8) is 0 Å². The van der Waals surface area contributed by atoms with Crippen LogP contribution in [0.1, 0.15) is 130 Å². The van der Waals surface area contributed by atoms with E-state index < -0.39 is 23.2 Å². The Morgan fingerprint density at radius 1 is 0.771 bits per heavy atom. The Kier molecular flexibility index (Phi) is 16.3. The fraction of sp³-hybridized carbons (Fsp3) is 0.470. The van der Waals surface area contributed by atoms with Crippen molar-refractivity contribution in [2.75, 3.05) is 76.2 Å². The predicted molar refractivity (Wildman–Crippen MR) is 321 cm³/mol. The van der Waals surface area contributed by atoms with E-state index in [1.165, 1.54) is 16.2 Å². The molecule has 11 rings (SSSR count). The molecular formula is C66H80N10O7. The molecule has 4 saturated heterocycles. The van der Waals surface area contributed by atoms with Crippen molar-refractivity contribution >= 4 is 52.3 Å². The van der Waals surface area contributed by atoms with Gasteiger partial charge in [0.15, 0.2) is 0 Å². The van der Waals surface area contributed by atoms with Crippen molar-refractivity contribution in [3.05, 3.63) is 137 Å². The van der Waals surface area contributed by atoms with Crippen LogP contribution in [0.15, 0.2) is 103 Å². The quantitative estimate of drug-likeness (QED) is 0.103. The van der Waals surface area contributed by atoms with E-state index >= 15 is 0 Å². The smallest absolute Gasteiger partial charge is 0.413 e. The molecule has 5 amide bonds. The number of rotatable bonds is 14. The number of carbonyl (C=O) groups excluding carboxylic acids is 5. The molecule has 6 aromatic rings. The first-order valence-electron chi connectivity index (χ1n) is 29.7. The number of hydrogen-bond donors (Lipinski definition) is 1. The number of piperazine rings is 1. The lowest BCUT2D eigenvalue weighted by Crippen LogP contribution is -2.56. The molecule has 0 aliphatic carbocycles. The highest BCUT2D eigenvalue weighted by atomic mass is 16.6. The molecule has 3 aromatic carbocycles. The number of hydrogen-bond acceptors (Lipinski definition) is 12. The molecule has 17 nitrogen and oxygen atoms in total. The number of nitrogens with zero attached hydrogens (tertiary/aromatic N) is 9. The average molecular weight is 1130 g/mol. The van der Waals surface area contributed by atoms with Gasteiger partial charge >= 0.3 is 6.09 Å². The first-order valence-corrected chi connectivity index (χ1v) is 29.7. The third-order valence-electron chi connectivity index (χ3n) is 18.1. The zero-order chi connectivity index (χ0) is 58.3. The number of piperidine rings is 3. The number of nitrogens with one attached hydrogen (secondary N) is 1. The Labute approximate surface area is 487 Å². The predicted octanol–water partition coefficient (Wildman–Crippen LogP) is 9.94. The van der Waals surface area contributed by atoms with Gasteiger partial charge in [0.05, 0.1) is 19.1 Å². The Morgan fingerprint density at radius 3 is 2.14 bits per heavy atom. The van der Waals surface area contributed by atoms with E-state index in [9.17, 15) is 24.0 Å². The van der Waals surface area contributed by atoms with E-state index in [4.69, 9.17) is 14.5 Å². The number of likely N-dealkylation sites (tertiary alicyclic amines) is 3. The van der Waals surface area contributed by atoms with Gasteiger partial charge in [-0.15, -0.1) is 0 Å². The Morgan fingerprint density at radius 2 is 1.47 bits per heavy atom. The molecular weight excluding hydrogens is 1040 g/mol. The van der Waals surface area contributed by atoms with Crippen LogP contribution in [0, 0.1) is 5.92 Å². The summed E-state index contributed by atoms with van der Waals surface area (Å²) in [5, 5.41) is 3.78. The minimum Gasteiger partial charge on any atom is -0.497 e. The van der Waals surface area contributed by atoms with Crippen LogP contribution in [0.2, 0.25) is 0 Å². The lowest BCUT2D eigenvalue weighted by Gasteiger charge is -2.39. The second-order valence-corrected chi connectivity index (χ2v) is 25.1. The van der Waals surface area contributed by atoms with E-state index in [1.54, 1.807) is 24.3 Å². The molecule has 4 fully saturated rings. The Bertz CT molecular complexity index is 3370. The zero-order valence-electron chi connectivity index (χ0n) is 49.5. The van der Waals surface area contributed by atoms with Gasteiger partial charge in [-0.05, 0) is 181 Å². The fourth-order valence-corrected chi connectivity index (χ4v) is 13.3. The molecule has 0 saturated carbocycles. The topological polar surface area (TPSA) is 166 Å². The van der Waals surface area contributed by atoms with Crippen molar-refractivity contribution in [1.29, 1.82) is 0 Å². The summed E-state index contributed by atoms with van der Waals surface area (Å²) in [6.45, 7) is 21.0. The molecule has 5 aliphatic heterocycles. The molecule has 1 unspecified atom stereocenters. The molecule has 0 radical (unpaired) electrons. The molecule has 2 atom stereocenters. The molecule has 8 heterocycles. The zero-order valence-corrected chi connectivity index (χ0v) is 49.5. The number of pyridine rings is 2. The maximum atomic E-state index is 14.2. The summed E-state index contributed by atoms with van der Waals surface area (Å²) in [7, 11) is 3.69. The first kappa shape index (κ1) is 57.4. The number of fused-ring (bicyclic) bond motifs is 2. The lowest BCUT2D eigenvalue weighted by molar-refractivity contribution is -0.151. The first-order chi connectivity index (χ1) is 39.8. The van der Waals surface area contributed by atoms with Crippen LogP contribution in [0.25, 0.3) is 22.2 Å². The summed E-state index contributed by atoms with van der Waals surface area (Å²) < 4.78 is 12.9. The summed E-state index contributed by atoms with van der Waals surface area (Å²) in [5.74, 6) is 1.57. The van der Waals surface area contributed by atoms with Gasteiger partial charge in [-0.25, -0.2) is 14.8 Å². The number of anilines is 2. The van der Waals surface area contributed by atoms with E-state index in [1.807, 2.05) is 100 Å². The van der Waals surface area contributed by atoms with E-state index in [0.29, 0.717) is 29.8 Å². The van der Waals surface area contributed by atoms with Crippen LogP contribution in [-0.4, -0.2) is 146 Å². The fourth-order valence-electron chi connectivity index (χ4n) is 13.3. The van der Waals surface area contributed by atoms with Gasteiger partial charge in [0.25, 0.3) is 11.8 Å². The standard InChI is InChI=1S/C66H80N10O7/c1-43(57-38-53-52(23-28-67-60(53)70(57)7)50-16-21-58(68-39-50)69-64(81)83-65(2,3)4)73-31-26-48(27-32-73)47-12-14-49(15-13-47)61(78)74-29-24-45(25-30-74)40-71-33-35-72(36-34-71)41-46-11-19-55-54(37-46)66(5,6)63(80)76(55)56-20-22-59(77)75(62(56)79)42-44-9-17-51(82-8)18-10-44/h9-19,21,23,28,37-39,43,45,48,56H,20,22,24-27,29-36,40-42H2,1-8H3,(H,68,69,81)/t43-,56?/m0/s1. The molecule has 1 N–H and O–H groups in total. The van der Waals surface area contributed by atoms with Crippen molar-refractivity contribution in [2.24, 2.45) is 13.0 Å². The molecule has 5 aliphatic rings. The summed E-state index contributed by atoms with van der Waals surface area (Å²) in [6, 6.07) is 29.5. The van der Waals surface area contributed by atoms with Crippen LogP contribution >= 0.6 is 0 Å². The van der Waals surface area contributed by atoms with Crippen LogP contribution in [0.3, 0.4) is 0 Å². The maximum Gasteiger partial charge on any atom is 0.413 e. The molecule has 436 valence electrons. The van der Waals surface area contributed by atoms with Crippen LogP contribution in [0.4, 0.5) is 16.3 Å². The van der Waals surface area contributed by atoms with E-state index in [-0.39, 0.29) is 42.6 Å². The average Bonchev–Trinajstić information content (AvgIpc) is 2.57. The number of aryl methyl sites for hydroxylation is 1. The number of carbonyl (C=O) groups is 5. The van der Waals surface area contributed by atoms with Gasteiger partial charge in [0.1, 0.15) is 28.9 Å². The van der Waals surface area contributed by atoms with E-state index in [0.717, 1.165) is 141 Å². The van der Waals surface area contributed by atoms with Gasteiger partial charge in [-0.2, -0.15) is 0 Å². The lowest BCUT2D eigenvalue weighted by atomic mass is 9.85. The van der Waals surface area contributed by atoms with Gasteiger partial charge in [-0.1, -0.05) is 36.4 Å². The minimum atomic E-state index is -0.813. The van der Waals surface area contributed by atoms with Gasteiger partial charge in [0, 0.05) is 112 Å². The molecule has 0 bridgehead atoms. The normalized spacial score (nSPS) is 20.0. The largest absolute Gasteiger partial charge is 0.497 e. The van der Waals surface area contributed by atoms with Crippen LogP contribution in [0.5, 0.6) is 5.75 Å².